The van der Waals surface area contributed by atoms with Crippen molar-refractivity contribution in [2.45, 2.75) is 12.6 Å². The number of hydrogen-bond donors (Lipinski definition) is 2. The van der Waals surface area contributed by atoms with E-state index in [1.807, 2.05) is 0 Å². The molecule has 0 aliphatic carbocycles. The maximum Gasteiger partial charge on any atom is 0.417 e. The topological polar surface area (TPSA) is 84.1 Å². The van der Waals surface area contributed by atoms with Gasteiger partial charge in [0.25, 0.3) is 0 Å². The number of hydrogen-bond acceptors (Lipinski definition) is 4. The van der Waals surface area contributed by atoms with E-state index in [0.717, 1.165) is 24.4 Å². The lowest BCUT2D eigenvalue weighted by atomic mass is 9.94. The van der Waals surface area contributed by atoms with Crippen molar-refractivity contribution in [2.75, 3.05) is 24.1 Å². The van der Waals surface area contributed by atoms with Crippen LogP contribution in [-0.2, 0) is 12.6 Å². The van der Waals surface area contributed by atoms with Crippen LogP contribution < -0.4 is 11.1 Å². The molecule has 33 heavy (non-hydrogen) atoms. The number of nitrogens with one attached hydrogen (secondary N) is 1. The summed E-state index contributed by atoms with van der Waals surface area (Å²) in [4.78, 5) is 22.0. The van der Waals surface area contributed by atoms with E-state index in [1.54, 1.807) is 0 Å². The van der Waals surface area contributed by atoms with Gasteiger partial charge in [0.15, 0.2) is 5.82 Å². The molecule has 2 aromatic heterocycles. The van der Waals surface area contributed by atoms with Crippen LogP contribution in [0, 0.1) is 17.6 Å². The van der Waals surface area contributed by atoms with Crippen molar-refractivity contribution in [2.24, 2.45) is 5.92 Å². The second-order valence-electron chi connectivity index (χ2n) is 7.70. The Morgan fingerprint density at radius 1 is 1.12 bits per heavy atom. The molecule has 172 valence electrons. The second kappa shape index (κ2) is 8.64. The first-order valence-corrected chi connectivity index (χ1v) is 9.90. The Kier molecular flexibility index (Phi) is 5.88. The van der Waals surface area contributed by atoms with Crippen LogP contribution in [0.15, 0.2) is 48.7 Å². The number of carbonyl (C=O) groups excluding carboxylic acids is 1. The highest BCUT2D eigenvalue weighted by molar-refractivity contribution is 5.92. The number of pyridine rings is 2. The van der Waals surface area contributed by atoms with Gasteiger partial charge in [0.05, 0.1) is 16.9 Å². The smallest absolute Gasteiger partial charge is 0.396 e. The Morgan fingerprint density at radius 2 is 1.88 bits per heavy atom. The predicted molar refractivity (Wildman–Crippen MR) is 111 cm³/mol. The lowest BCUT2D eigenvalue weighted by molar-refractivity contribution is -0.137. The van der Waals surface area contributed by atoms with E-state index in [-0.39, 0.29) is 28.7 Å². The van der Waals surface area contributed by atoms with E-state index >= 15 is 0 Å². The molecule has 6 nitrogen and oxygen atoms in total. The summed E-state index contributed by atoms with van der Waals surface area (Å²) in [5.41, 5.74) is 5.96. The van der Waals surface area contributed by atoms with E-state index in [9.17, 15) is 26.7 Å². The van der Waals surface area contributed by atoms with Crippen molar-refractivity contribution >= 4 is 17.5 Å². The highest BCUT2D eigenvalue weighted by Crippen LogP contribution is 2.30. The molecule has 1 fully saturated rings. The summed E-state index contributed by atoms with van der Waals surface area (Å²) in [6, 6.07) is 7.82. The van der Waals surface area contributed by atoms with Crippen LogP contribution >= 0.6 is 0 Å². The van der Waals surface area contributed by atoms with Gasteiger partial charge in [-0.25, -0.2) is 18.6 Å². The summed E-state index contributed by atoms with van der Waals surface area (Å²) in [5, 5.41) is 2.58. The fraction of sp³-hybridized carbons (Fsp3) is 0.227. The number of aromatic nitrogens is 2. The van der Waals surface area contributed by atoms with Gasteiger partial charge in [-0.1, -0.05) is 0 Å². The Balaban J connectivity index is 1.36. The Hall–Kier alpha value is -3.76. The van der Waals surface area contributed by atoms with Crippen LogP contribution in [0.25, 0.3) is 11.3 Å². The second-order valence-corrected chi connectivity index (χ2v) is 7.70. The molecule has 0 radical (unpaired) electrons. The number of benzene rings is 1. The van der Waals surface area contributed by atoms with Crippen molar-refractivity contribution in [3.05, 3.63) is 71.6 Å². The van der Waals surface area contributed by atoms with Crippen molar-refractivity contribution in [3.63, 3.8) is 0 Å². The largest absolute Gasteiger partial charge is 0.417 e. The molecule has 1 saturated heterocycles. The van der Waals surface area contributed by atoms with Gasteiger partial charge in [-0.3, -0.25) is 10.3 Å². The van der Waals surface area contributed by atoms with Crippen LogP contribution in [-0.4, -0.2) is 34.0 Å². The first-order chi connectivity index (χ1) is 15.6. The lowest BCUT2D eigenvalue weighted by Gasteiger charge is -2.39. The van der Waals surface area contributed by atoms with Crippen molar-refractivity contribution in [1.29, 1.82) is 0 Å². The van der Waals surface area contributed by atoms with Crippen molar-refractivity contribution < 1.29 is 26.7 Å². The normalized spacial score (nSPS) is 14.2. The number of anilines is 2. The average molecular weight is 463 g/mol. The SMILES string of the molecule is Nc1ccc(-c2ccc(F)cc2F)nc1NC(=O)N1CC(Cc2ccc(C(F)(F)F)cn2)C1. The summed E-state index contributed by atoms with van der Waals surface area (Å²) in [6.07, 6.45) is -3.21. The van der Waals surface area contributed by atoms with Crippen LogP contribution in [0.1, 0.15) is 11.3 Å². The molecule has 1 aliphatic rings. The molecule has 3 aromatic rings. The Bertz CT molecular complexity index is 1180. The maximum absolute atomic E-state index is 14.1. The molecule has 4 rings (SSSR count). The maximum atomic E-state index is 14.1. The molecule has 0 bridgehead atoms. The zero-order chi connectivity index (χ0) is 23.8. The van der Waals surface area contributed by atoms with Gasteiger partial charge in [-0.15, -0.1) is 0 Å². The number of amides is 2. The highest BCUT2D eigenvalue weighted by atomic mass is 19.4. The van der Waals surface area contributed by atoms with E-state index in [0.29, 0.717) is 25.2 Å². The summed E-state index contributed by atoms with van der Waals surface area (Å²) in [5.74, 6) is -1.44. The number of likely N-dealkylation sites (tertiary alicyclic amines) is 1. The average Bonchev–Trinajstić information content (AvgIpc) is 2.72. The summed E-state index contributed by atoms with van der Waals surface area (Å²) >= 11 is 0. The Morgan fingerprint density at radius 3 is 2.52 bits per heavy atom. The zero-order valence-corrected chi connectivity index (χ0v) is 17.0. The van der Waals surface area contributed by atoms with Gasteiger partial charge in [-0.2, -0.15) is 13.2 Å². The minimum absolute atomic E-state index is 0.0362. The van der Waals surface area contributed by atoms with Crippen molar-refractivity contribution in [1.82, 2.24) is 14.9 Å². The van der Waals surface area contributed by atoms with E-state index in [2.05, 4.69) is 15.3 Å². The predicted octanol–water partition coefficient (Wildman–Crippen LogP) is 4.73. The number of alkyl halides is 3. The van der Waals surface area contributed by atoms with Gasteiger partial charge < -0.3 is 10.6 Å². The number of nitrogen functional groups attached to an aromatic ring is 1. The monoisotopic (exact) mass is 463 g/mol. The molecule has 0 atom stereocenters. The fourth-order valence-electron chi connectivity index (χ4n) is 3.47. The molecule has 3 N–H and O–H groups in total. The third-order valence-corrected chi connectivity index (χ3v) is 5.25. The van der Waals surface area contributed by atoms with Gasteiger partial charge >= 0.3 is 12.2 Å². The molecular weight excluding hydrogens is 445 g/mol. The quantitative estimate of drug-likeness (QED) is 0.548. The summed E-state index contributed by atoms with van der Waals surface area (Å²) in [7, 11) is 0. The van der Waals surface area contributed by atoms with Crippen LogP contribution in [0.3, 0.4) is 0 Å². The van der Waals surface area contributed by atoms with E-state index < -0.39 is 29.4 Å². The molecule has 2 amide bonds. The molecule has 1 aromatic carbocycles. The third-order valence-electron chi connectivity index (χ3n) is 5.25. The van der Waals surface area contributed by atoms with E-state index in [1.165, 1.54) is 29.2 Å². The number of halogens is 5. The minimum Gasteiger partial charge on any atom is -0.396 e. The first-order valence-electron chi connectivity index (χ1n) is 9.90. The summed E-state index contributed by atoms with van der Waals surface area (Å²) in [6.45, 7) is 0.751. The number of urea groups is 1. The number of carbonyl (C=O) groups is 1. The highest BCUT2D eigenvalue weighted by Gasteiger charge is 2.33. The zero-order valence-electron chi connectivity index (χ0n) is 17.0. The molecule has 0 saturated carbocycles. The molecule has 1 aliphatic heterocycles. The number of nitrogens with two attached hydrogens (primary N) is 1. The van der Waals surface area contributed by atoms with Gasteiger partial charge in [-0.05, 0) is 48.7 Å². The first kappa shape index (κ1) is 22.4. The van der Waals surface area contributed by atoms with Crippen LogP contribution in [0.2, 0.25) is 0 Å². The molecule has 0 unspecified atom stereocenters. The van der Waals surface area contributed by atoms with Gasteiger partial charge in [0.2, 0.25) is 0 Å². The minimum atomic E-state index is -4.44. The van der Waals surface area contributed by atoms with Crippen molar-refractivity contribution in [3.8, 4) is 11.3 Å². The van der Waals surface area contributed by atoms with E-state index in [4.69, 9.17) is 5.73 Å². The standard InChI is InChI=1S/C22H18F5N5O/c23-14-2-4-16(17(24)8-14)19-6-5-18(28)20(30-19)31-21(33)32-10-12(11-32)7-15-3-1-13(9-29-15)22(25,26)27/h1-6,8-9,12H,7,10-11,28H2,(H,30,31,33). The van der Waals surface area contributed by atoms with Crippen LogP contribution in [0.4, 0.5) is 38.3 Å². The fourth-order valence-corrected chi connectivity index (χ4v) is 3.47. The van der Waals surface area contributed by atoms with Gasteiger partial charge in [0.1, 0.15) is 11.6 Å². The van der Waals surface area contributed by atoms with Crippen LogP contribution in [0.5, 0.6) is 0 Å². The molecule has 11 heteroatoms. The lowest BCUT2D eigenvalue weighted by Crippen LogP contribution is -2.52. The van der Waals surface area contributed by atoms with Gasteiger partial charge in [0, 0.05) is 36.6 Å². The summed E-state index contributed by atoms with van der Waals surface area (Å²) < 4.78 is 65.1. The molecule has 0 spiro atoms. The Labute approximate surface area is 185 Å². The molecule has 3 heterocycles. The number of rotatable bonds is 4. The molecular formula is C22H18F5N5O. The number of nitrogens with zero attached hydrogens (tertiary/aromatic N) is 3. The third kappa shape index (κ3) is 5.02.